The second kappa shape index (κ2) is 5.25. The first-order valence-corrected chi connectivity index (χ1v) is 6.05. The number of nitrogens with zero attached hydrogens (tertiary/aromatic N) is 1. The van der Waals surface area contributed by atoms with Crippen LogP contribution in [0.5, 0.6) is 5.88 Å². The highest BCUT2D eigenvalue weighted by Crippen LogP contribution is 2.29. The monoisotopic (exact) mass is 236 g/mol. The Morgan fingerprint density at radius 2 is 2.38 bits per heavy atom. The van der Waals surface area contributed by atoms with Gasteiger partial charge in [0.2, 0.25) is 5.88 Å². The molecule has 1 aromatic rings. The molecule has 0 amide bonds. The van der Waals surface area contributed by atoms with Gasteiger partial charge < -0.3 is 10.5 Å². The Morgan fingerprint density at radius 3 is 3.00 bits per heavy atom. The van der Waals surface area contributed by atoms with Gasteiger partial charge in [-0.1, -0.05) is 31.5 Å². The van der Waals surface area contributed by atoms with Crippen LogP contribution in [0.4, 0.5) is 0 Å². The molecule has 0 bridgehead atoms. The van der Waals surface area contributed by atoms with E-state index in [-0.39, 0.29) is 0 Å². The Morgan fingerprint density at radius 1 is 1.56 bits per heavy atom. The van der Waals surface area contributed by atoms with Gasteiger partial charge in [0.05, 0.1) is 6.61 Å². The minimum atomic E-state index is 0.381. The van der Waals surface area contributed by atoms with E-state index in [0.29, 0.717) is 10.9 Å². The van der Waals surface area contributed by atoms with Crippen LogP contribution in [0.3, 0.4) is 0 Å². The Kier molecular flexibility index (Phi) is 3.72. The van der Waals surface area contributed by atoms with Gasteiger partial charge >= 0.3 is 0 Å². The molecule has 2 N–H and O–H groups in total. The lowest BCUT2D eigenvalue weighted by Crippen LogP contribution is -2.15. The smallest absolute Gasteiger partial charge is 0.213 e. The molecule has 0 spiro atoms. The molecule has 1 saturated carbocycles. The van der Waals surface area contributed by atoms with Gasteiger partial charge in [-0.05, 0) is 18.4 Å². The first-order valence-electron chi connectivity index (χ1n) is 5.64. The van der Waals surface area contributed by atoms with Gasteiger partial charge in [0.1, 0.15) is 4.99 Å². The van der Waals surface area contributed by atoms with Crippen LogP contribution in [0.1, 0.15) is 31.2 Å². The molecule has 0 atom stereocenters. The quantitative estimate of drug-likeness (QED) is 0.797. The Labute approximate surface area is 101 Å². The summed E-state index contributed by atoms with van der Waals surface area (Å²) in [5, 5.41) is 0. The zero-order valence-electron chi connectivity index (χ0n) is 9.19. The Balaban J connectivity index is 1.83. The number of aromatic nitrogens is 1. The minimum absolute atomic E-state index is 0.381. The molecule has 4 heteroatoms. The molecule has 0 aliphatic heterocycles. The average molecular weight is 236 g/mol. The fourth-order valence-corrected chi connectivity index (χ4v) is 1.88. The van der Waals surface area contributed by atoms with Gasteiger partial charge in [-0.25, -0.2) is 4.98 Å². The standard InChI is InChI=1S/C12H16N2OS/c13-12(16)10-4-6-14-11(8-10)15-7-5-9-2-1-3-9/h4,6,8-9H,1-3,5,7H2,(H2,13,16). The van der Waals surface area contributed by atoms with Crippen LogP contribution < -0.4 is 10.5 Å². The number of hydrogen-bond acceptors (Lipinski definition) is 3. The van der Waals surface area contributed by atoms with E-state index in [1.165, 1.54) is 19.3 Å². The zero-order chi connectivity index (χ0) is 11.4. The molecule has 1 heterocycles. The molecule has 1 fully saturated rings. The van der Waals surface area contributed by atoms with Crippen LogP contribution in [-0.2, 0) is 0 Å². The fraction of sp³-hybridized carbons (Fsp3) is 0.500. The predicted molar refractivity (Wildman–Crippen MR) is 67.6 cm³/mol. The van der Waals surface area contributed by atoms with Crippen LogP contribution in [0.15, 0.2) is 18.3 Å². The maximum Gasteiger partial charge on any atom is 0.213 e. The SMILES string of the molecule is NC(=S)c1ccnc(OCCC2CCC2)c1. The van der Waals surface area contributed by atoms with Crippen molar-refractivity contribution in [2.45, 2.75) is 25.7 Å². The first-order chi connectivity index (χ1) is 7.75. The lowest BCUT2D eigenvalue weighted by atomic mass is 9.83. The van der Waals surface area contributed by atoms with E-state index in [1.54, 1.807) is 18.3 Å². The zero-order valence-corrected chi connectivity index (χ0v) is 10.0. The van der Waals surface area contributed by atoms with Crippen molar-refractivity contribution in [2.75, 3.05) is 6.61 Å². The van der Waals surface area contributed by atoms with Crippen LogP contribution in [0, 0.1) is 5.92 Å². The first kappa shape index (κ1) is 11.3. The second-order valence-electron chi connectivity index (χ2n) is 4.18. The van der Waals surface area contributed by atoms with Crippen molar-refractivity contribution in [3.63, 3.8) is 0 Å². The van der Waals surface area contributed by atoms with Gasteiger partial charge in [0.15, 0.2) is 0 Å². The number of ether oxygens (including phenoxy) is 1. The summed E-state index contributed by atoms with van der Waals surface area (Å²) in [5.74, 6) is 1.48. The molecule has 1 aliphatic carbocycles. The summed E-state index contributed by atoms with van der Waals surface area (Å²) in [5.41, 5.74) is 6.35. The largest absolute Gasteiger partial charge is 0.478 e. The Hall–Kier alpha value is -1.16. The molecule has 3 nitrogen and oxygen atoms in total. The van der Waals surface area contributed by atoms with Crippen molar-refractivity contribution in [1.29, 1.82) is 0 Å². The lowest BCUT2D eigenvalue weighted by molar-refractivity contribution is 0.217. The van der Waals surface area contributed by atoms with Crippen molar-refractivity contribution in [2.24, 2.45) is 11.7 Å². The van der Waals surface area contributed by atoms with E-state index in [0.717, 1.165) is 24.5 Å². The third-order valence-corrected chi connectivity index (χ3v) is 3.26. The molecule has 0 radical (unpaired) electrons. The van der Waals surface area contributed by atoms with E-state index in [2.05, 4.69) is 4.98 Å². The van der Waals surface area contributed by atoms with Crippen LogP contribution in [0.25, 0.3) is 0 Å². The molecular weight excluding hydrogens is 220 g/mol. The number of rotatable bonds is 5. The highest BCUT2D eigenvalue weighted by molar-refractivity contribution is 7.80. The van der Waals surface area contributed by atoms with E-state index in [1.807, 2.05) is 0 Å². The van der Waals surface area contributed by atoms with E-state index in [9.17, 15) is 0 Å². The lowest BCUT2D eigenvalue weighted by Gasteiger charge is -2.24. The maximum absolute atomic E-state index is 5.58. The molecule has 2 rings (SSSR count). The van der Waals surface area contributed by atoms with Crippen molar-refractivity contribution in [3.05, 3.63) is 23.9 Å². The van der Waals surface area contributed by atoms with Crippen molar-refractivity contribution < 1.29 is 4.74 Å². The van der Waals surface area contributed by atoms with E-state index < -0.39 is 0 Å². The summed E-state index contributed by atoms with van der Waals surface area (Å²) in [6.45, 7) is 0.735. The number of pyridine rings is 1. The highest BCUT2D eigenvalue weighted by atomic mass is 32.1. The van der Waals surface area contributed by atoms with Gasteiger partial charge in [-0.2, -0.15) is 0 Å². The molecule has 0 aromatic carbocycles. The number of hydrogen-bond donors (Lipinski definition) is 1. The minimum Gasteiger partial charge on any atom is -0.478 e. The van der Waals surface area contributed by atoms with E-state index >= 15 is 0 Å². The van der Waals surface area contributed by atoms with Gasteiger partial charge in [-0.3, -0.25) is 0 Å². The molecule has 86 valence electrons. The fourth-order valence-electron chi connectivity index (χ4n) is 1.75. The second-order valence-corrected chi connectivity index (χ2v) is 4.62. The third-order valence-electron chi connectivity index (χ3n) is 3.02. The summed E-state index contributed by atoms with van der Waals surface area (Å²) < 4.78 is 5.58. The van der Waals surface area contributed by atoms with Gasteiger partial charge in [-0.15, -0.1) is 0 Å². The van der Waals surface area contributed by atoms with Gasteiger partial charge in [0.25, 0.3) is 0 Å². The third kappa shape index (κ3) is 2.92. The summed E-state index contributed by atoms with van der Waals surface area (Å²) in [6.07, 6.45) is 6.87. The molecule has 1 aliphatic rings. The van der Waals surface area contributed by atoms with E-state index in [4.69, 9.17) is 22.7 Å². The number of thiocarbonyl (C=S) groups is 1. The number of nitrogens with two attached hydrogens (primary N) is 1. The topological polar surface area (TPSA) is 48.1 Å². The summed E-state index contributed by atoms with van der Waals surface area (Å²) >= 11 is 4.90. The van der Waals surface area contributed by atoms with Crippen molar-refractivity contribution >= 4 is 17.2 Å². The highest BCUT2D eigenvalue weighted by Gasteiger charge is 2.16. The molecule has 0 saturated heterocycles. The van der Waals surface area contributed by atoms with Gasteiger partial charge in [0, 0.05) is 17.8 Å². The molecule has 1 aromatic heterocycles. The average Bonchev–Trinajstić information content (AvgIpc) is 2.22. The van der Waals surface area contributed by atoms with Crippen LogP contribution in [-0.4, -0.2) is 16.6 Å². The predicted octanol–water partition coefficient (Wildman–Crippen LogP) is 2.28. The van der Waals surface area contributed by atoms with Crippen LogP contribution in [0.2, 0.25) is 0 Å². The molecule has 0 unspecified atom stereocenters. The summed E-state index contributed by atoms with van der Waals surface area (Å²) in [4.78, 5) is 4.51. The summed E-state index contributed by atoms with van der Waals surface area (Å²) in [7, 11) is 0. The molecular formula is C12H16N2OS. The normalized spacial score (nSPS) is 15.5. The Bertz CT molecular complexity index is 377. The maximum atomic E-state index is 5.58. The molecule has 16 heavy (non-hydrogen) atoms. The summed E-state index contributed by atoms with van der Waals surface area (Å²) in [6, 6.07) is 3.59. The van der Waals surface area contributed by atoms with Crippen LogP contribution >= 0.6 is 12.2 Å². The van der Waals surface area contributed by atoms with Crippen molar-refractivity contribution in [3.8, 4) is 5.88 Å². The van der Waals surface area contributed by atoms with Crippen molar-refractivity contribution in [1.82, 2.24) is 4.98 Å².